The second kappa shape index (κ2) is 6.64. The molecule has 1 aromatic carbocycles. The van der Waals surface area contributed by atoms with Crippen LogP contribution in [0.15, 0.2) is 12.1 Å². The van der Waals surface area contributed by atoms with Gasteiger partial charge in [0.1, 0.15) is 5.78 Å². The van der Waals surface area contributed by atoms with E-state index in [9.17, 15) is 4.79 Å². The summed E-state index contributed by atoms with van der Waals surface area (Å²) in [6.07, 6.45) is 3.49. The Labute approximate surface area is 120 Å². The number of carbonyl (C=O) groups is 1. The largest absolute Gasteiger partial charge is 0.493 e. The van der Waals surface area contributed by atoms with Gasteiger partial charge in [-0.15, -0.1) is 0 Å². The van der Waals surface area contributed by atoms with Crippen molar-refractivity contribution in [1.29, 1.82) is 0 Å². The van der Waals surface area contributed by atoms with Crippen LogP contribution < -0.4 is 14.2 Å². The normalized spacial score (nSPS) is 18.1. The lowest BCUT2D eigenvalue weighted by atomic mass is 10.0. The fourth-order valence-electron chi connectivity index (χ4n) is 2.65. The molecule has 1 aliphatic rings. The zero-order valence-corrected chi connectivity index (χ0v) is 12.4. The number of aryl methyl sites for hydroxylation is 1. The van der Waals surface area contributed by atoms with E-state index < -0.39 is 0 Å². The highest BCUT2D eigenvalue weighted by molar-refractivity contribution is 5.82. The number of benzene rings is 1. The van der Waals surface area contributed by atoms with Gasteiger partial charge < -0.3 is 14.2 Å². The molecule has 110 valence electrons. The van der Waals surface area contributed by atoms with Gasteiger partial charge in [0.25, 0.3) is 0 Å². The lowest BCUT2D eigenvalue weighted by Crippen LogP contribution is -2.11. The lowest BCUT2D eigenvalue weighted by molar-refractivity contribution is -0.121. The maximum absolute atomic E-state index is 11.6. The molecule has 1 atom stereocenters. The van der Waals surface area contributed by atoms with E-state index in [-0.39, 0.29) is 5.92 Å². The highest BCUT2D eigenvalue weighted by Crippen LogP contribution is 2.38. The first-order valence-electron chi connectivity index (χ1n) is 7.04. The third kappa shape index (κ3) is 3.24. The zero-order valence-electron chi connectivity index (χ0n) is 12.4. The average molecular weight is 278 g/mol. The predicted molar refractivity (Wildman–Crippen MR) is 76.7 cm³/mol. The number of carbonyl (C=O) groups excluding carboxylic acids is 1. The molecule has 0 aliphatic heterocycles. The Bertz CT molecular complexity index is 456. The van der Waals surface area contributed by atoms with Gasteiger partial charge in [-0.3, -0.25) is 4.79 Å². The summed E-state index contributed by atoms with van der Waals surface area (Å²) < 4.78 is 16.5. The Morgan fingerprint density at radius 1 is 1.20 bits per heavy atom. The van der Waals surface area contributed by atoms with Crippen LogP contribution in [0, 0.1) is 12.8 Å². The fourth-order valence-corrected chi connectivity index (χ4v) is 2.65. The number of hydrogen-bond donors (Lipinski definition) is 0. The van der Waals surface area contributed by atoms with E-state index in [0.717, 1.165) is 31.2 Å². The number of rotatable bonds is 6. The Kier molecular flexibility index (Phi) is 4.88. The summed E-state index contributed by atoms with van der Waals surface area (Å²) >= 11 is 0. The minimum atomic E-state index is 0.164. The third-order valence-electron chi connectivity index (χ3n) is 3.75. The minimum absolute atomic E-state index is 0.164. The second-order valence-electron chi connectivity index (χ2n) is 5.19. The molecule has 4 heteroatoms. The first-order chi connectivity index (χ1) is 9.65. The summed E-state index contributed by atoms with van der Waals surface area (Å²) in [6, 6.07) is 3.83. The van der Waals surface area contributed by atoms with Gasteiger partial charge in [0.05, 0.1) is 20.8 Å². The number of methoxy groups -OCH3 is 2. The quantitative estimate of drug-likeness (QED) is 0.802. The molecule has 0 aromatic heterocycles. The Balaban J connectivity index is 2.02. The van der Waals surface area contributed by atoms with Gasteiger partial charge in [0, 0.05) is 12.3 Å². The monoisotopic (exact) mass is 278 g/mol. The average Bonchev–Trinajstić information content (AvgIpc) is 2.85. The molecule has 1 aromatic rings. The molecule has 0 radical (unpaired) electrons. The van der Waals surface area contributed by atoms with Gasteiger partial charge >= 0.3 is 0 Å². The van der Waals surface area contributed by atoms with Crippen molar-refractivity contribution >= 4 is 5.78 Å². The van der Waals surface area contributed by atoms with Crippen LogP contribution in [-0.2, 0) is 4.79 Å². The summed E-state index contributed by atoms with van der Waals surface area (Å²) in [5.74, 6) is 2.49. The standard InChI is InChI=1S/C16H22O4/c1-11-9-14(18-2)16(15(10-11)19-3)20-8-7-12-5-4-6-13(12)17/h9-10,12H,4-8H2,1-3H3. The molecular formula is C16H22O4. The molecule has 1 aliphatic carbocycles. The maximum Gasteiger partial charge on any atom is 0.203 e. The van der Waals surface area contributed by atoms with Crippen molar-refractivity contribution in [2.24, 2.45) is 5.92 Å². The Morgan fingerprint density at radius 3 is 2.35 bits per heavy atom. The zero-order chi connectivity index (χ0) is 14.5. The van der Waals surface area contributed by atoms with Gasteiger partial charge in [-0.1, -0.05) is 0 Å². The van der Waals surface area contributed by atoms with Gasteiger partial charge in [0.2, 0.25) is 5.75 Å². The first-order valence-corrected chi connectivity index (χ1v) is 7.04. The molecule has 1 unspecified atom stereocenters. The third-order valence-corrected chi connectivity index (χ3v) is 3.75. The van der Waals surface area contributed by atoms with Gasteiger partial charge in [0.15, 0.2) is 11.5 Å². The topological polar surface area (TPSA) is 44.8 Å². The van der Waals surface area contributed by atoms with Crippen molar-refractivity contribution in [3.8, 4) is 17.2 Å². The second-order valence-corrected chi connectivity index (χ2v) is 5.19. The Morgan fingerprint density at radius 2 is 1.85 bits per heavy atom. The number of Topliss-reactive ketones (excluding diaryl/α,β-unsaturated/α-hetero) is 1. The van der Waals surface area contributed by atoms with E-state index in [4.69, 9.17) is 14.2 Å². The van der Waals surface area contributed by atoms with Crippen LogP contribution in [0.1, 0.15) is 31.2 Å². The molecule has 1 saturated carbocycles. The molecule has 0 N–H and O–H groups in total. The SMILES string of the molecule is COc1cc(C)cc(OC)c1OCCC1CCCC1=O. The fraction of sp³-hybridized carbons (Fsp3) is 0.562. The summed E-state index contributed by atoms with van der Waals surface area (Å²) in [6.45, 7) is 2.48. The molecule has 0 saturated heterocycles. The van der Waals surface area contributed by atoms with E-state index in [0.29, 0.717) is 29.6 Å². The van der Waals surface area contributed by atoms with Crippen LogP contribution in [0.4, 0.5) is 0 Å². The van der Waals surface area contributed by atoms with Crippen LogP contribution in [0.2, 0.25) is 0 Å². The van der Waals surface area contributed by atoms with Crippen LogP contribution in [0.25, 0.3) is 0 Å². The molecule has 4 nitrogen and oxygen atoms in total. The smallest absolute Gasteiger partial charge is 0.203 e. The number of ether oxygens (including phenoxy) is 3. The van der Waals surface area contributed by atoms with Crippen molar-refractivity contribution in [3.05, 3.63) is 17.7 Å². The van der Waals surface area contributed by atoms with E-state index in [1.165, 1.54) is 0 Å². The van der Waals surface area contributed by atoms with Crippen LogP contribution in [0.3, 0.4) is 0 Å². The molecule has 1 fully saturated rings. The summed E-state index contributed by atoms with van der Waals surface area (Å²) in [5.41, 5.74) is 1.05. The van der Waals surface area contributed by atoms with E-state index in [1.807, 2.05) is 19.1 Å². The van der Waals surface area contributed by atoms with E-state index >= 15 is 0 Å². The van der Waals surface area contributed by atoms with Gasteiger partial charge in [-0.05, 0) is 43.9 Å². The first kappa shape index (κ1) is 14.7. The van der Waals surface area contributed by atoms with E-state index in [2.05, 4.69) is 0 Å². The summed E-state index contributed by atoms with van der Waals surface area (Å²) in [5, 5.41) is 0. The molecular weight excluding hydrogens is 256 g/mol. The van der Waals surface area contributed by atoms with E-state index in [1.54, 1.807) is 14.2 Å². The molecule has 0 spiro atoms. The van der Waals surface area contributed by atoms with Gasteiger partial charge in [-0.25, -0.2) is 0 Å². The molecule has 0 heterocycles. The number of hydrogen-bond acceptors (Lipinski definition) is 4. The minimum Gasteiger partial charge on any atom is -0.493 e. The predicted octanol–water partition coefficient (Wildman–Crippen LogP) is 3.15. The van der Waals surface area contributed by atoms with Crippen LogP contribution in [-0.4, -0.2) is 26.6 Å². The van der Waals surface area contributed by atoms with Crippen molar-refractivity contribution in [3.63, 3.8) is 0 Å². The summed E-state index contributed by atoms with van der Waals surface area (Å²) in [7, 11) is 3.23. The molecule has 2 rings (SSSR count). The van der Waals surface area contributed by atoms with Crippen LogP contribution in [0.5, 0.6) is 17.2 Å². The molecule has 0 bridgehead atoms. The molecule has 0 amide bonds. The van der Waals surface area contributed by atoms with Crippen LogP contribution >= 0.6 is 0 Å². The maximum atomic E-state index is 11.6. The Hall–Kier alpha value is -1.71. The van der Waals surface area contributed by atoms with Crippen molar-refractivity contribution in [1.82, 2.24) is 0 Å². The summed E-state index contributed by atoms with van der Waals surface area (Å²) in [4.78, 5) is 11.6. The van der Waals surface area contributed by atoms with Crippen molar-refractivity contribution in [2.75, 3.05) is 20.8 Å². The number of ketones is 1. The highest BCUT2D eigenvalue weighted by atomic mass is 16.5. The molecule has 20 heavy (non-hydrogen) atoms. The lowest BCUT2D eigenvalue weighted by Gasteiger charge is -2.16. The van der Waals surface area contributed by atoms with Gasteiger partial charge in [-0.2, -0.15) is 0 Å². The van der Waals surface area contributed by atoms with Crippen molar-refractivity contribution in [2.45, 2.75) is 32.6 Å². The highest BCUT2D eigenvalue weighted by Gasteiger charge is 2.24. The van der Waals surface area contributed by atoms with Crippen molar-refractivity contribution < 1.29 is 19.0 Å².